The van der Waals surface area contributed by atoms with Crippen LogP contribution in [0.5, 0.6) is 0 Å². The van der Waals surface area contributed by atoms with E-state index in [0.717, 1.165) is 34.9 Å². The standard InChI is InChI=1S/C22H26N2O/c1-14-4-5-17(13-20(14)24-6-2-3-7-24)22(25)23-21-18-9-15-8-16(11-18)12-19(21)10-15/h2-7,13,15-16,18-19,21H,8-12H2,1H3,(H,23,25). The molecule has 4 saturated carbocycles. The van der Waals surface area contributed by atoms with Crippen LogP contribution in [-0.2, 0) is 0 Å². The van der Waals surface area contributed by atoms with Crippen LogP contribution in [0.15, 0.2) is 42.7 Å². The van der Waals surface area contributed by atoms with Gasteiger partial charge < -0.3 is 9.88 Å². The molecule has 130 valence electrons. The normalized spacial score (nSPS) is 32.8. The lowest BCUT2D eigenvalue weighted by molar-refractivity contribution is -0.0119. The largest absolute Gasteiger partial charge is 0.349 e. The fourth-order valence-corrected chi connectivity index (χ4v) is 5.92. The first kappa shape index (κ1) is 15.2. The molecule has 25 heavy (non-hydrogen) atoms. The van der Waals surface area contributed by atoms with Crippen molar-refractivity contribution in [2.75, 3.05) is 0 Å². The number of nitrogens with one attached hydrogen (secondary N) is 1. The number of benzene rings is 1. The number of nitrogens with zero attached hydrogens (tertiary/aromatic N) is 1. The van der Waals surface area contributed by atoms with E-state index in [4.69, 9.17) is 0 Å². The summed E-state index contributed by atoms with van der Waals surface area (Å²) in [5.41, 5.74) is 3.05. The summed E-state index contributed by atoms with van der Waals surface area (Å²) in [5, 5.41) is 3.42. The fourth-order valence-electron chi connectivity index (χ4n) is 5.92. The van der Waals surface area contributed by atoms with Gasteiger partial charge in [-0.2, -0.15) is 0 Å². The highest BCUT2D eigenvalue weighted by molar-refractivity contribution is 5.95. The van der Waals surface area contributed by atoms with Crippen LogP contribution < -0.4 is 5.32 Å². The Kier molecular flexibility index (Phi) is 3.51. The lowest BCUT2D eigenvalue weighted by Gasteiger charge is -2.54. The molecule has 2 aromatic rings. The predicted molar refractivity (Wildman–Crippen MR) is 98.8 cm³/mol. The van der Waals surface area contributed by atoms with Gasteiger partial charge in [0.15, 0.2) is 0 Å². The molecule has 1 heterocycles. The van der Waals surface area contributed by atoms with E-state index < -0.39 is 0 Å². The SMILES string of the molecule is Cc1ccc(C(=O)NC2C3CC4CC(C3)CC2C4)cc1-n1cccc1. The number of amides is 1. The minimum atomic E-state index is 0.103. The van der Waals surface area contributed by atoms with Crippen LogP contribution >= 0.6 is 0 Å². The zero-order chi connectivity index (χ0) is 17.0. The molecule has 3 nitrogen and oxygen atoms in total. The Morgan fingerprint density at radius 3 is 2.28 bits per heavy atom. The molecule has 6 rings (SSSR count). The third-order valence-electron chi connectivity index (χ3n) is 6.88. The molecule has 3 heteroatoms. The van der Waals surface area contributed by atoms with E-state index >= 15 is 0 Å². The smallest absolute Gasteiger partial charge is 0.251 e. The molecule has 0 saturated heterocycles. The van der Waals surface area contributed by atoms with Crippen molar-refractivity contribution in [1.29, 1.82) is 0 Å². The molecule has 0 atom stereocenters. The number of carbonyl (C=O) groups is 1. The van der Waals surface area contributed by atoms with Crippen molar-refractivity contribution in [3.05, 3.63) is 53.9 Å². The van der Waals surface area contributed by atoms with Crippen molar-refractivity contribution in [3.8, 4) is 5.69 Å². The van der Waals surface area contributed by atoms with Crippen molar-refractivity contribution in [1.82, 2.24) is 9.88 Å². The third-order valence-corrected chi connectivity index (χ3v) is 6.88. The van der Waals surface area contributed by atoms with Gasteiger partial charge in [-0.15, -0.1) is 0 Å². The molecule has 1 aromatic carbocycles. The summed E-state index contributed by atoms with van der Waals surface area (Å²) in [7, 11) is 0. The summed E-state index contributed by atoms with van der Waals surface area (Å²) in [6, 6.07) is 10.5. The van der Waals surface area contributed by atoms with Gasteiger partial charge in [-0.1, -0.05) is 6.07 Å². The Morgan fingerprint density at radius 1 is 1.00 bits per heavy atom. The maximum atomic E-state index is 12.9. The predicted octanol–water partition coefficient (Wildman–Crippen LogP) is 4.34. The molecular formula is C22H26N2O. The van der Waals surface area contributed by atoms with E-state index in [1.165, 1.54) is 37.7 Å². The van der Waals surface area contributed by atoms with E-state index in [0.29, 0.717) is 6.04 Å². The van der Waals surface area contributed by atoms with Gasteiger partial charge in [0.05, 0.1) is 0 Å². The van der Waals surface area contributed by atoms with Crippen LogP contribution in [0.4, 0.5) is 0 Å². The number of rotatable bonds is 3. The molecule has 4 aliphatic carbocycles. The number of aryl methyl sites for hydroxylation is 1. The Bertz CT molecular complexity index is 764. The summed E-state index contributed by atoms with van der Waals surface area (Å²) in [4.78, 5) is 12.9. The highest BCUT2D eigenvalue weighted by atomic mass is 16.1. The Morgan fingerprint density at radius 2 is 1.64 bits per heavy atom. The van der Waals surface area contributed by atoms with E-state index in [2.05, 4.69) is 22.9 Å². The lowest BCUT2D eigenvalue weighted by atomic mass is 9.54. The highest BCUT2D eigenvalue weighted by Crippen LogP contribution is 2.53. The Balaban J connectivity index is 1.37. The van der Waals surface area contributed by atoms with Crippen molar-refractivity contribution in [2.45, 2.75) is 45.1 Å². The summed E-state index contributed by atoms with van der Waals surface area (Å²) < 4.78 is 2.08. The molecule has 0 radical (unpaired) electrons. The Hall–Kier alpha value is -2.03. The van der Waals surface area contributed by atoms with Crippen LogP contribution in [0.2, 0.25) is 0 Å². The number of hydrogen-bond donors (Lipinski definition) is 1. The Labute approximate surface area is 149 Å². The molecule has 4 bridgehead atoms. The average molecular weight is 334 g/mol. The molecule has 4 aliphatic rings. The van der Waals surface area contributed by atoms with E-state index in [9.17, 15) is 4.79 Å². The summed E-state index contributed by atoms with van der Waals surface area (Å²) in [5.74, 6) is 3.42. The number of aromatic nitrogens is 1. The minimum absolute atomic E-state index is 0.103. The van der Waals surface area contributed by atoms with Crippen LogP contribution in [0, 0.1) is 30.6 Å². The van der Waals surface area contributed by atoms with Gasteiger partial charge in [0.25, 0.3) is 5.91 Å². The molecule has 0 unspecified atom stereocenters. The van der Waals surface area contributed by atoms with Gasteiger partial charge >= 0.3 is 0 Å². The first-order valence-corrected chi connectivity index (χ1v) is 9.72. The maximum absolute atomic E-state index is 12.9. The molecule has 4 fully saturated rings. The maximum Gasteiger partial charge on any atom is 0.251 e. The van der Waals surface area contributed by atoms with Gasteiger partial charge in [-0.3, -0.25) is 4.79 Å². The molecule has 0 spiro atoms. The number of carbonyl (C=O) groups excluding carboxylic acids is 1. The van der Waals surface area contributed by atoms with Gasteiger partial charge in [0, 0.05) is 29.7 Å². The topological polar surface area (TPSA) is 34.0 Å². The summed E-state index contributed by atoms with van der Waals surface area (Å²) in [6.45, 7) is 2.09. The quantitative estimate of drug-likeness (QED) is 0.890. The van der Waals surface area contributed by atoms with Crippen LogP contribution in [0.1, 0.15) is 48.0 Å². The average Bonchev–Trinajstić information content (AvgIpc) is 3.12. The lowest BCUT2D eigenvalue weighted by Crippen LogP contribution is -2.55. The highest BCUT2D eigenvalue weighted by Gasteiger charge is 2.48. The molecule has 1 amide bonds. The molecule has 1 aromatic heterocycles. The fraction of sp³-hybridized carbons (Fsp3) is 0.500. The molecule has 0 aliphatic heterocycles. The van der Waals surface area contributed by atoms with E-state index in [1.807, 2.05) is 36.7 Å². The van der Waals surface area contributed by atoms with E-state index in [-0.39, 0.29) is 5.91 Å². The van der Waals surface area contributed by atoms with Crippen LogP contribution in [0.3, 0.4) is 0 Å². The van der Waals surface area contributed by atoms with Gasteiger partial charge in [0.2, 0.25) is 0 Å². The summed E-state index contributed by atoms with van der Waals surface area (Å²) in [6.07, 6.45) is 10.8. The van der Waals surface area contributed by atoms with Crippen molar-refractivity contribution < 1.29 is 4.79 Å². The first-order valence-electron chi connectivity index (χ1n) is 9.72. The second-order valence-corrected chi connectivity index (χ2v) is 8.52. The van der Waals surface area contributed by atoms with Crippen LogP contribution in [0.25, 0.3) is 5.69 Å². The minimum Gasteiger partial charge on any atom is -0.349 e. The summed E-state index contributed by atoms with van der Waals surface area (Å²) >= 11 is 0. The zero-order valence-corrected chi connectivity index (χ0v) is 14.8. The van der Waals surface area contributed by atoms with Crippen LogP contribution in [-0.4, -0.2) is 16.5 Å². The molecular weight excluding hydrogens is 308 g/mol. The van der Waals surface area contributed by atoms with E-state index in [1.54, 1.807) is 0 Å². The van der Waals surface area contributed by atoms with Gasteiger partial charge in [-0.05, 0) is 92.5 Å². The van der Waals surface area contributed by atoms with Crippen molar-refractivity contribution in [3.63, 3.8) is 0 Å². The van der Waals surface area contributed by atoms with Gasteiger partial charge in [-0.25, -0.2) is 0 Å². The van der Waals surface area contributed by atoms with Gasteiger partial charge in [0.1, 0.15) is 0 Å². The third kappa shape index (κ3) is 2.61. The second kappa shape index (κ2) is 5.76. The first-order chi connectivity index (χ1) is 12.2. The van der Waals surface area contributed by atoms with Crippen molar-refractivity contribution >= 4 is 5.91 Å². The number of hydrogen-bond acceptors (Lipinski definition) is 1. The second-order valence-electron chi connectivity index (χ2n) is 8.52. The van der Waals surface area contributed by atoms with Crippen molar-refractivity contribution in [2.24, 2.45) is 23.7 Å². The zero-order valence-electron chi connectivity index (χ0n) is 14.8. The monoisotopic (exact) mass is 334 g/mol. The molecule has 1 N–H and O–H groups in total.